The first-order valence-electron chi connectivity index (χ1n) is 28.8. The summed E-state index contributed by atoms with van der Waals surface area (Å²) in [5.74, 6) is -0.666. The van der Waals surface area contributed by atoms with Gasteiger partial charge in [0.25, 0.3) is 0 Å². The summed E-state index contributed by atoms with van der Waals surface area (Å²) in [6.45, 7) is 10.3. The Labute approximate surface area is 462 Å². The topological polar surface area (TPSA) is 201 Å². The molecule has 4 atom stereocenters. The van der Waals surface area contributed by atoms with E-state index in [9.17, 15) is 29.4 Å². The first-order chi connectivity index (χ1) is 38.5. The quantitative estimate of drug-likeness (QED) is 0.102. The van der Waals surface area contributed by atoms with Crippen LogP contribution in [0.25, 0.3) is 44.0 Å². The molecule has 6 aromatic rings. The molecule has 422 valence electrons. The van der Waals surface area contributed by atoms with Crippen molar-refractivity contribution >= 4 is 56.4 Å². The number of nitrogens with one attached hydrogen (secondary N) is 1. The summed E-state index contributed by atoms with van der Waals surface area (Å²) in [7, 11) is 1.74. The van der Waals surface area contributed by atoms with E-state index in [2.05, 4.69) is 32.2 Å². The number of anilines is 1. The van der Waals surface area contributed by atoms with Gasteiger partial charge in [-0.25, -0.2) is 18.4 Å². The van der Waals surface area contributed by atoms with Gasteiger partial charge in [0.1, 0.15) is 47.9 Å². The normalized spacial score (nSPS) is 25.6. The third-order valence-electron chi connectivity index (χ3n) is 19.2. The van der Waals surface area contributed by atoms with Gasteiger partial charge in [-0.2, -0.15) is 9.97 Å². The van der Waals surface area contributed by atoms with E-state index in [0.29, 0.717) is 77.1 Å². The Morgan fingerprint density at radius 1 is 0.912 bits per heavy atom. The maximum Gasteiger partial charge on any atom is 0.409 e. The number of aromatic nitrogens is 5. The highest BCUT2D eigenvalue weighted by Gasteiger charge is 2.55. The molecule has 1 aliphatic carbocycles. The number of hydrogen-bond acceptors (Lipinski definition) is 14. The number of likely N-dealkylation sites (tertiary alicyclic amines) is 2. The van der Waals surface area contributed by atoms with Crippen molar-refractivity contribution in [2.45, 2.75) is 126 Å². The van der Waals surface area contributed by atoms with E-state index in [1.54, 1.807) is 24.6 Å². The second-order valence-electron chi connectivity index (χ2n) is 24.7. The minimum atomic E-state index is -1.00. The van der Waals surface area contributed by atoms with E-state index in [0.717, 1.165) is 96.2 Å². The Hall–Kier alpha value is -6.77. The Morgan fingerprint density at radius 3 is 2.49 bits per heavy atom. The summed E-state index contributed by atoms with van der Waals surface area (Å²) in [4.78, 5) is 74.3. The first kappa shape index (κ1) is 52.6. The number of phenolic OH excluding ortho intramolecular Hbond substituents is 1. The molecule has 7 aliphatic rings. The van der Waals surface area contributed by atoms with Crippen molar-refractivity contribution in [3.63, 3.8) is 0 Å². The number of phenols is 1. The van der Waals surface area contributed by atoms with Gasteiger partial charge in [-0.3, -0.25) is 33.9 Å². The maximum absolute atomic E-state index is 17.3. The van der Waals surface area contributed by atoms with Gasteiger partial charge in [0.05, 0.1) is 27.6 Å². The molecule has 6 saturated heterocycles. The third kappa shape index (κ3) is 9.22. The molecule has 13 rings (SSSR count). The van der Waals surface area contributed by atoms with Gasteiger partial charge in [-0.05, 0) is 168 Å². The van der Waals surface area contributed by atoms with Crippen LogP contribution in [-0.2, 0) is 27.8 Å². The van der Waals surface area contributed by atoms with Crippen molar-refractivity contribution in [1.82, 2.24) is 44.1 Å². The zero-order valence-electron chi connectivity index (χ0n) is 45.8. The second-order valence-corrected chi connectivity index (χ2v) is 24.7. The molecule has 1 saturated carbocycles. The van der Waals surface area contributed by atoms with Gasteiger partial charge in [-0.1, -0.05) is 19.1 Å². The SMILES string of the molecule is CCc1c(F)ccc2cc(O)cc(-c3ncc4c(N5CCC[C@@](C)(O)C5)nc(OC[C@@]56CCCN5[C@H](COC(=O)N5CC7(CC(CN8CCC(c9ccc%10c(c9)n(C)c(=O)n%10C9CCC(=O)NC9=O)CC8)C7)C5)CC6)nc4c3F)c12. The number of hydrogen-bond donors (Lipinski definition) is 3. The van der Waals surface area contributed by atoms with Gasteiger partial charge >= 0.3 is 17.8 Å². The molecule has 7 fully saturated rings. The van der Waals surface area contributed by atoms with Crippen molar-refractivity contribution in [3.05, 3.63) is 81.9 Å². The number of imide groups is 1. The number of fused-ring (bicyclic) bond motifs is 4. The summed E-state index contributed by atoms with van der Waals surface area (Å²) in [5.41, 5.74) is 1.78. The molecule has 1 unspecified atom stereocenters. The van der Waals surface area contributed by atoms with Crippen LogP contribution in [-0.4, -0.2) is 150 Å². The predicted octanol–water partition coefficient (Wildman–Crippen LogP) is 7.48. The summed E-state index contributed by atoms with van der Waals surface area (Å²) in [5, 5.41) is 25.7. The number of ether oxygens (including phenoxy) is 2. The van der Waals surface area contributed by atoms with Gasteiger partial charge in [0.2, 0.25) is 11.8 Å². The van der Waals surface area contributed by atoms with Crippen molar-refractivity contribution in [1.29, 1.82) is 0 Å². The van der Waals surface area contributed by atoms with E-state index < -0.39 is 29.2 Å². The molecule has 3 aromatic carbocycles. The number of aliphatic hydroxyl groups is 1. The zero-order valence-corrected chi connectivity index (χ0v) is 45.8. The number of β-amino-alcohol motifs (C(OH)–C–C–N with tert-alkyl or cyclic N) is 1. The highest BCUT2D eigenvalue weighted by atomic mass is 19.1. The van der Waals surface area contributed by atoms with E-state index >= 15 is 8.78 Å². The summed E-state index contributed by atoms with van der Waals surface area (Å²) >= 11 is 0. The number of carbonyl (C=O) groups excluding carboxylic acids is 3. The third-order valence-corrected chi connectivity index (χ3v) is 19.2. The largest absolute Gasteiger partial charge is 0.508 e. The highest BCUT2D eigenvalue weighted by molar-refractivity contribution is 6.02. The van der Waals surface area contributed by atoms with Gasteiger partial charge in [0, 0.05) is 69.4 Å². The molecule has 3 aromatic heterocycles. The van der Waals surface area contributed by atoms with E-state index in [4.69, 9.17) is 19.4 Å². The Bertz CT molecular complexity index is 3550. The van der Waals surface area contributed by atoms with Gasteiger partial charge in [0.15, 0.2) is 5.82 Å². The smallest absolute Gasteiger partial charge is 0.409 e. The minimum Gasteiger partial charge on any atom is -0.508 e. The van der Waals surface area contributed by atoms with Gasteiger partial charge < -0.3 is 34.4 Å². The molecule has 0 bridgehead atoms. The number of halogens is 2. The molecule has 9 heterocycles. The average Bonchev–Trinajstić information content (AvgIpc) is 4.19. The minimum absolute atomic E-state index is 0.0103. The number of aryl methyl sites for hydroxylation is 2. The lowest BCUT2D eigenvalue weighted by Gasteiger charge is -2.59. The summed E-state index contributed by atoms with van der Waals surface area (Å²) in [6.07, 6.45) is 11.1. The number of pyridine rings is 1. The number of amides is 3. The molecule has 18 nitrogen and oxygen atoms in total. The zero-order chi connectivity index (χ0) is 55.4. The monoisotopic (exact) mass is 1100 g/mol. The van der Waals surface area contributed by atoms with Crippen LogP contribution < -0.4 is 20.6 Å². The van der Waals surface area contributed by atoms with Crippen LogP contribution in [0.15, 0.2) is 53.5 Å². The number of piperidine rings is 3. The lowest BCUT2D eigenvalue weighted by molar-refractivity contribution is -0.135. The fourth-order valence-corrected chi connectivity index (χ4v) is 15.3. The number of rotatable bonds is 12. The molecular weight excluding hydrogens is 1030 g/mol. The van der Waals surface area contributed by atoms with E-state index in [1.165, 1.54) is 34.5 Å². The number of benzene rings is 3. The number of nitrogens with zero attached hydrogens (tertiary/aromatic N) is 9. The fraction of sp³-hybridized carbons (Fsp3) is 0.550. The Balaban J connectivity index is 0.616. The standard InChI is InChI=1S/C60H70F2N10O8/c1-4-41-44(61)9-7-38-23-40(73)25-42(49(38)41)51-50(62)52-43(28-63-51)53(69-19-5-16-58(2,78)31-69)66-55(65-52)80-34-60-17-6-20-71(60)39(13-18-60)30-79-57(77)70-32-59(33-70)26-35(27-59)29-68-21-14-36(15-22-68)37-8-10-45-47(24-37)67(3)56(76)72(45)46-11-12-48(74)64-54(46)75/h7-10,23-25,28,35-36,39,46,73,78H,4-6,11-22,26-27,29-34H2,1-3H3,(H,64,74,75)/t39-,46?,58+,60-/m0/s1. The molecule has 3 N–H and O–H groups in total. The number of imidazole rings is 1. The number of aromatic hydroxyl groups is 1. The van der Waals surface area contributed by atoms with E-state index in [-0.39, 0.29) is 89.4 Å². The van der Waals surface area contributed by atoms with Crippen molar-refractivity contribution in [2.24, 2.45) is 18.4 Å². The molecular formula is C60H70F2N10O8. The summed E-state index contributed by atoms with van der Waals surface area (Å²) in [6, 6.07) is 11.3. The van der Waals surface area contributed by atoms with Crippen LogP contribution in [0.4, 0.5) is 19.4 Å². The Morgan fingerprint density at radius 2 is 1.71 bits per heavy atom. The predicted molar refractivity (Wildman–Crippen MR) is 296 cm³/mol. The lowest BCUT2D eigenvalue weighted by Crippen LogP contribution is -2.65. The second kappa shape index (κ2) is 20.0. The van der Waals surface area contributed by atoms with Crippen LogP contribution >= 0.6 is 0 Å². The van der Waals surface area contributed by atoms with Crippen molar-refractivity contribution in [3.8, 4) is 23.0 Å². The van der Waals surface area contributed by atoms with Crippen molar-refractivity contribution < 1.29 is 42.9 Å². The molecule has 0 radical (unpaired) electrons. The van der Waals surface area contributed by atoms with Crippen LogP contribution in [0.5, 0.6) is 11.8 Å². The van der Waals surface area contributed by atoms with Crippen LogP contribution in [0, 0.1) is 23.0 Å². The van der Waals surface area contributed by atoms with Crippen LogP contribution in [0.1, 0.15) is 114 Å². The number of carbonyl (C=O) groups is 3. The fourth-order valence-electron chi connectivity index (χ4n) is 15.3. The molecule has 20 heteroatoms. The van der Waals surface area contributed by atoms with Crippen molar-refractivity contribution in [2.75, 3.05) is 70.5 Å². The molecule has 1 spiro atoms. The van der Waals surface area contributed by atoms with Crippen LogP contribution in [0.3, 0.4) is 0 Å². The molecule has 80 heavy (non-hydrogen) atoms. The lowest BCUT2D eigenvalue weighted by atomic mass is 9.57. The average molecular weight is 1100 g/mol. The first-order valence-corrected chi connectivity index (χ1v) is 28.8. The maximum atomic E-state index is 17.3. The molecule has 3 amide bonds. The van der Waals surface area contributed by atoms with Crippen LogP contribution in [0.2, 0.25) is 0 Å². The van der Waals surface area contributed by atoms with Gasteiger partial charge in [-0.15, -0.1) is 0 Å². The summed E-state index contributed by atoms with van der Waals surface area (Å²) < 4.78 is 48.3. The highest BCUT2D eigenvalue weighted by Crippen LogP contribution is 2.53. The molecule has 6 aliphatic heterocycles. The Kier molecular flexibility index (Phi) is 13.2. The van der Waals surface area contributed by atoms with E-state index in [1.807, 2.05) is 22.8 Å².